The molecule has 0 fully saturated rings. The number of carbonyl (C=O) groups excluding carboxylic acids is 1. The van der Waals surface area contributed by atoms with Crippen LogP contribution in [0.25, 0.3) is 16.0 Å². The van der Waals surface area contributed by atoms with Crippen molar-refractivity contribution >= 4 is 33.5 Å². The molecule has 0 saturated heterocycles. The first-order valence-corrected chi connectivity index (χ1v) is 10.9. The van der Waals surface area contributed by atoms with Gasteiger partial charge in [0.1, 0.15) is 16.1 Å². The van der Waals surface area contributed by atoms with Gasteiger partial charge in [-0.15, -0.1) is 11.3 Å². The number of fused-ring (bicyclic) bond motifs is 1. The standard InChI is InChI=1S/C24H26N4O2S/c1-15-6-8-17(9-7-15)16(2)25-22(29)21-14-20-23(31-21)28(24(26-20)27(3)4)18-10-12-19(30-5)13-11-18/h6-14,16H,1-5H3,(H,25,29)/t16-/m0/s1. The van der Waals surface area contributed by atoms with E-state index in [-0.39, 0.29) is 11.9 Å². The molecule has 6 nitrogen and oxygen atoms in total. The second kappa shape index (κ2) is 8.43. The summed E-state index contributed by atoms with van der Waals surface area (Å²) in [5.74, 6) is 1.51. The number of imidazole rings is 1. The Morgan fingerprint density at radius 3 is 2.42 bits per heavy atom. The lowest BCUT2D eigenvalue weighted by atomic mass is 10.1. The van der Waals surface area contributed by atoms with E-state index >= 15 is 0 Å². The van der Waals surface area contributed by atoms with Crippen LogP contribution in [-0.4, -0.2) is 36.7 Å². The Balaban J connectivity index is 1.66. The van der Waals surface area contributed by atoms with Gasteiger partial charge in [-0.05, 0) is 49.7 Å². The zero-order valence-corrected chi connectivity index (χ0v) is 19.2. The molecule has 0 spiro atoms. The van der Waals surface area contributed by atoms with Gasteiger partial charge in [-0.3, -0.25) is 9.36 Å². The average Bonchev–Trinajstić information content (AvgIpc) is 3.32. The molecule has 0 aliphatic carbocycles. The fourth-order valence-electron chi connectivity index (χ4n) is 3.44. The number of hydrogen-bond acceptors (Lipinski definition) is 5. The minimum absolute atomic E-state index is 0.0800. The van der Waals surface area contributed by atoms with Crippen molar-refractivity contribution in [2.24, 2.45) is 0 Å². The molecule has 1 amide bonds. The lowest BCUT2D eigenvalue weighted by molar-refractivity contribution is 0.0944. The third-order valence-corrected chi connectivity index (χ3v) is 6.30. The fraction of sp³-hybridized carbons (Fsp3) is 0.250. The summed E-state index contributed by atoms with van der Waals surface area (Å²) >= 11 is 1.45. The minimum atomic E-state index is -0.0937. The smallest absolute Gasteiger partial charge is 0.261 e. The number of aromatic nitrogens is 2. The number of anilines is 1. The number of hydrogen-bond donors (Lipinski definition) is 1. The van der Waals surface area contributed by atoms with E-state index in [4.69, 9.17) is 9.72 Å². The van der Waals surface area contributed by atoms with Crippen LogP contribution in [0.4, 0.5) is 5.95 Å². The van der Waals surface area contributed by atoms with Crippen molar-refractivity contribution in [3.8, 4) is 11.4 Å². The van der Waals surface area contributed by atoms with Crippen molar-refractivity contribution in [1.29, 1.82) is 0 Å². The monoisotopic (exact) mass is 434 g/mol. The number of rotatable bonds is 6. The lowest BCUT2D eigenvalue weighted by Gasteiger charge is -2.15. The molecular formula is C24H26N4O2S. The summed E-state index contributed by atoms with van der Waals surface area (Å²) in [5, 5.41) is 3.10. The Labute approximate surface area is 186 Å². The molecule has 0 aliphatic heterocycles. The highest BCUT2D eigenvalue weighted by atomic mass is 32.1. The first-order chi connectivity index (χ1) is 14.9. The molecule has 7 heteroatoms. The summed E-state index contributed by atoms with van der Waals surface area (Å²) in [5.41, 5.74) is 4.05. The van der Waals surface area contributed by atoms with Gasteiger partial charge in [0.05, 0.1) is 23.7 Å². The van der Waals surface area contributed by atoms with Gasteiger partial charge >= 0.3 is 0 Å². The number of nitrogens with one attached hydrogen (secondary N) is 1. The van der Waals surface area contributed by atoms with Crippen molar-refractivity contribution in [2.45, 2.75) is 19.9 Å². The van der Waals surface area contributed by atoms with Crippen LogP contribution in [0.2, 0.25) is 0 Å². The van der Waals surface area contributed by atoms with Gasteiger partial charge in [0.15, 0.2) is 0 Å². The molecule has 0 unspecified atom stereocenters. The molecule has 1 atom stereocenters. The van der Waals surface area contributed by atoms with E-state index in [1.807, 2.05) is 68.4 Å². The number of ether oxygens (including phenoxy) is 1. The molecule has 1 N–H and O–H groups in total. The third-order valence-electron chi connectivity index (χ3n) is 5.20. The molecule has 0 bridgehead atoms. The number of thiophene rings is 1. The van der Waals surface area contributed by atoms with Gasteiger partial charge in [-0.1, -0.05) is 29.8 Å². The normalized spacial score (nSPS) is 12.0. The highest BCUT2D eigenvalue weighted by molar-refractivity contribution is 7.20. The molecular weight excluding hydrogens is 408 g/mol. The summed E-state index contributed by atoms with van der Waals surface area (Å²) in [6, 6.07) is 17.8. The van der Waals surface area contributed by atoms with Crippen LogP contribution < -0.4 is 15.0 Å². The number of benzene rings is 2. The highest BCUT2D eigenvalue weighted by Gasteiger charge is 2.21. The van der Waals surface area contributed by atoms with Crippen LogP contribution in [0.15, 0.2) is 54.6 Å². The lowest BCUT2D eigenvalue weighted by Crippen LogP contribution is -2.25. The highest BCUT2D eigenvalue weighted by Crippen LogP contribution is 2.33. The Hall–Kier alpha value is -3.32. The summed E-state index contributed by atoms with van der Waals surface area (Å²) in [4.78, 5) is 21.3. The largest absolute Gasteiger partial charge is 0.497 e. The van der Waals surface area contributed by atoms with Crippen molar-refractivity contribution in [1.82, 2.24) is 14.9 Å². The Kier molecular flexibility index (Phi) is 5.69. The van der Waals surface area contributed by atoms with E-state index < -0.39 is 0 Å². The van der Waals surface area contributed by atoms with Gasteiger partial charge in [0, 0.05) is 14.1 Å². The van der Waals surface area contributed by atoms with E-state index in [0.717, 1.165) is 33.3 Å². The van der Waals surface area contributed by atoms with Crippen LogP contribution in [0.1, 0.15) is 33.8 Å². The molecule has 4 rings (SSSR count). The van der Waals surface area contributed by atoms with Crippen molar-refractivity contribution in [2.75, 3.05) is 26.1 Å². The molecule has 0 saturated carbocycles. The van der Waals surface area contributed by atoms with Gasteiger partial charge in [-0.25, -0.2) is 4.98 Å². The number of carbonyl (C=O) groups is 1. The van der Waals surface area contributed by atoms with Gasteiger partial charge < -0.3 is 15.0 Å². The number of methoxy groups -OCH3 is 1. The van der Waals surface area contributed by atoms with Crippen LogP contribution in [0.5, 0.6) is 5.75 Å². The maximum Gasteiger partial charge on any atom is 0.261 e. The molecule has 160 valence electrons. The fourth-order valence-corrected chi connectivity index (χ4v) is 4.46. The van der Waals surface area contributed by atoms with Crippen LogP contribution in [-0.2, 0) is 0 Å². The zero-order valence-electron chi connectivity index (χ0n) is 18.3. The molecule has 31 heavy (non-hydrogen) atoms. The molecule has 2 aromatic heterocycles. The topological polar surface area (TPSA) is 59.4 Å². The van der Waals surface area contributed by atoms with Gasteiger partial charge in [0.25, 0.3) is 5.91 Å². The van der Waals surface area contributed by atoms with Crippen LogP contribution in [0, 0.1) is 6.92 Å². The predicted octanol–water partition coefficient (Wildman–Crippen LogP) is 4.96. The van der Waals surface area contributed by atoms with Crippen molar-refractivity contribution in [3.05, 3.63) is 70.6 Å². The summed E-state index contributed by atoms with van der Waals surface area (Å²) in [6.07, 6.45) is 0. The summed E-state index contributed by atoms with van der Waals surface area (Å²) in [6.45, 7) is 4.05. The maximum absolute atomic E-state index is 12.9. The van der Waals surface area contributed by atoms with E-state index in [9.17, 15) is 4.79 Å². The maximum atomic E-state index is 12.9. The van der Waals surface area contributed by atoms with Crippen molar-refractivity contribution < 1.29 is 9.53 Å². The third kappa shape index (κ3) is 4.14. The quantitative estimate of drug-likeness (QED) is 0.466. The summed E-state index contributed by atoms with van der Waals surface area (Å²) < 4.78 is 7.35. The van der Waals surface area contributed by atoms with E-state index in [1.165, 1.54) is 16.9 Å². The average molecular weight is 435 g/mol. The predicted molar refractivity (Wildman–Crippen MR) is 127 cm³/mol. The Bertz CT molecular complexity index is 1210. The van der Waals surface area contributed by atoms with E-state index in [1.54, 1.807) is 7.11 Å². The minimum Gasteiger partial charge on any atom is -0.497 e. The number of aryl methyl sites for hydroxylation is 1. The first kappa shape index (κ1) is 20.9. The van der Waals surface area contributed by atoms with Crippen LogP contribution >= 0.6 is 11.3 Å². The second-order valence-corrected chi connectivity index (χ2v) is 8.78. The number of amides is 1. The van der Waals surface area contributed by atoms with Crippen molar-refractivity contribution in [3.63, 3.8) is 0 Å². The molecule has 0 aliphatic rings. The Morgan fingerprint density at radius 1 is 1.13 bits per heavy atom. The van der Waals surface area contributed by atoms with Gasteiger partial charge in [-0.2, -0.15) is 0 Å². The zero-order chi connectivity index (χ0) is 22.1. The molecule has 2 aromatic carbocycles. The number of nitrogens with zero attached hydrogens (tertiary/aromatic N) is 3. The van der Waals surface area contributed by atoms with Crippen LogP contribution in [0.3, 0.4) is 0 Å². The van der Waals surface area contributed by atoms with Gasteiger partial charge in [0.2, 0.25) is 5.95 Å². The first-order valence-electron chi connectivity index (χ1n) is 10.1. The Morgan fingerprint density at radius 2 is 1.81 bits per heavy atom. The molecule has 4 aromatic rings. The second-order valence-electron chi connectivity index (χ2n) is 7.75. The van der Waals surface area contributed by atoms with E-state index in [2.05, 4.69) is 28.9 Å². The molecule has 2 heterocycles. The SMILES string of the molecule is COc1ccc(-n2c(N(C)C)nc3cc(C(=O)N[C@@H](C)c4ccc(C)cc4)sc32)cc1. The molecule has 0 radical (unpaired) electrons. The van der Waals surface area contributed by atoms with E-state index in [0.29, 0.717) is 4.88 Å². The summed E-state index contributed by atoms with van der Waals surface area (Å²) in [7, 11) is 5.57.